The van der Waals surface area contributed by atoms with Crippen molar-refractivity contribution in [3.8, 4) is 0 Å². The number of fused-ring (bicyclic) bond motifs is 1. The van der Waals surface area contributed by atoms with Gasteiger partial charge in [-0.15, -0.1) is 0 Å². The van der Waals surface area contributed by atoms with E-state index in [4.69, 9.17) is 5.11 Å². The zero-order valence-electron chi connectivity index (χ0n) is 6.69. The highest BCUT2D eigenvalue weighted by Gasteiger charge is 2.33. The Hall–Kier alpha value is -1.19. The van der Waals surface area contributed by atoms with Gasteiger partial charge in [0.15, 0.2) is 5.88 Å². The average Bonchev–Trinajstić information content (AvgIpc) is 1.91. The predicted octanol–water partition coefficient (Wildman–Crippen LogP) is 1.39. The second kappa shape index (κ2) is 2.69. The zero-order chi connectivity index (χ0) is 8.55. The first kappa shape index (κ1) is 7.46. The molecular formula is C8H11NO3. The lowest BCUT2D eigenvalue weighted by Crippen LogP contribution is -2.49. The Bertz CT molecular complexity index is 236. The van der Waals surface area contributed by atoms with E-state index in [1.165, 1.54) is 6.42 Å². The summed E-state index contributed by atoms with van der Waals surface area (Å²) in [5.74, 6) is 0.532. The van der Waals surface area contributed by atoms with E-state index in [2.05, 4.69) is 4.74 Å². The van der Waals surface area contributed by atoms with Crippen molar-refractivity contribution in [2.45, 2.75) is 25.3 Å². The van der Waals surface area contributed by atoms with Crippen LogP contribution in [0.4, 0.5) is 4.79 Å². The Morgan fingerprint density at radius 3 is 3.08 bits per heavy atom. The summed E-state index contributed by atoms with van der Waals surface area (Å²) in [6.45, 7) is 0.934. The molecular weight excluding hydrogens is 158 g/mol. The maximum absolute atomic E-state index is 10.3. The first-order valence-corrected chi connectivity index (χ1v) is 4.15. The number of hydrogen-bond donors (Lipinski definition) is 1. The first-order chi connectivity index (χ1) is 5.77. The van der Waals surface area contributed by atoms with Crippen LogP contribution in [0, 0.1) is 0 Å². The van der Waals surface area contributed by atoms with Crippen LogP contribution >= 0.6 is 0 Å². The Morgan fingerprint density at radius 2 is 2.50 bits per heavy atom. The van der Waals surface area contributed by atoms with E-state index in [0.29, 0.717) is 11.9 Å². The van der Waals surface area contributed by atoms with Crippen molar-refractivity contribution in [2.24, 2.45) is 0 Å². The van der Waals surface area contributed by atoms with Crippen LogP contribution in [0.25, 0.3) is 0 Å². The minimum Gasteiger partial charge on any atom is -0.449 e. The molecule has 0 radical (unpaired) electrons. The number of hydrogen-bond acceptors (Lipinski definition) is 3. The Balaban J connectivity index is 2.03. The Kier molecular flexibility index (Phi) is 1.67. The van der Waals surface area contributed by atoms with E-state index < -0.39 is 6.16 Å². The maximum Gasteiger partial charge on any atom is 0.512 e. The van der Waals surface area contributed by atoms with Crippen molar-refractivity contribution < 1.29 is 14.6 Å². The van der Waals surface area contributed by atoms with Crippen LogP contribution < -0.4 is 0 Å². The summed E-state index contributed by atoms with van der Waals surface area (Å²) < 4.78 is 4.63. The van der Waals surface area contributed by atoms with Gasteiger partial charge in [0.25, 0.3) is 0 Å². The SMILES string of the molecule is O=C(O)OC1=CCCC2CCN12. The van der Waals surface area contributed by atoms with Crippen molar-refractivity contribution in [3.05, 3.63) is 12.0 Å². The zero-order valence-corrected chi connectivity index (χ0v) is 6.69. The van der Waals surface area contributed by atoms with Crippen LogP contribution in [0.2, 0.25) is 0 Å². The average molecular weight is 169 g/mol. The summed E-state index contributed by atoms with van der Waals surface area (Å²) in [4.78, 5) is 12.3. The third-order valence-corrected chi connectivity index (χ3v) is 2.44. The van der Waals surface area contributed by atoms with Crippen LogP contribution in [0.3, 0.4) is 0 Å². The summed E-state index contributed by atoms with van der Waals surface area (Å²) in [6.07, 6.45) is 3.87. The summed E-state index contributed by atoms with van der Waals surface area (Å²) in [5.41, 5.74) is 0. The molecule has 2 rings (SSSR count). The molecule has 0 amide bonds. The van der Waals surface area contributed by atoms with Crippen LogP contribution in [0.15, 0.2) is 12.0 Å². The molecule has 1 saturated heterocycles. The topological polar surface area (TPSA) is 49.8 Å². The van der Waals surface area contributed by atoms with Gasteiger partial charge in [0.2, 0.25) is 0 Å². The second-order valence-corrected chi connectivity index (χ2v) is 3.12. The summed E-state index contributed by atoms with van der Waals surface area (Å²) >= 11 is 0. The second-order valence-electron chi connectivity index (χ2n) is 3.12. The predicted molar refractivity (Wildman–Crippen MR) is 41.5 cm³/mol. The van der Waals surface area contributed by atoms with Gasteiger partial charge in [-0.25, -0.2) is 4.79 Å². The number of carbonyl (C=O) groups is 1. The fourth-order valence-corrected chi connectivity index (χ4v) is 1.74. The number of nitrogens with zero attached hydrogens (tertiary/aromatic N) is 1. The van der Waals surface area contributed by atoms with Gasteiger partial charge in [0, 0.05) is 12.6 Å². The first-order valence-electron chi connectivity index (χ1n) is 4.15. The van der Waals surface area contributed by atoms with Gasteiger partial charge in [-0.2, -0.15) is 0 Å². The highest BCUT2D eigenvalue weighted by molar-refractivity contribution is 5.58. The van der Waals surface area contributed by atoms with Crippen LogP contribution in [-0.4, -0.2) is 28.7 Å². The van der Waals surface area contributed by atoms with Gasteiger partial charge in [-0.1, -0.05) is 0 Å². The molecule has 2 aliphatic rings. The van der Waals surface area contributed by atoms with Crippen LogP contribution in [0.1, 0.15) is 19.3 Å². The molecule has 2 aliphatic heterocycles. The fraction of sp³-hybridized carbons (Fsp3) is 0.625. The molecule has 0 aromatic heterocycles. The summed E-state index contributed by atoms with van der Waals surface area (Å²) in [6, 6.07) is 0.532. The van der Waals surface area contributed by atoms with E-state index in [9.17, 15) is 4.79 Å². The molecule has 0 spiro atoms. The Morgan fingerprint density at radius 1 is 1.67 bits per heavy atom. The normalized spacial score (nSPS) is 26.8. The van der Waals surface area contributed by atoms with Gasteiger partial charge in [-0.05, 0) is 25.3 Å². The molecule has 4 nitrogen and oxygen atoms in total. The Labute approximate surface area is 70.4 Å². The molecule has 0 aromatic rings. The summed E-state index contributed by atoms with van der Waals surface area (Å²) in [5, 5.41) is 8.40. The molecule has 0 aromatic carbocycles. The lowest BCUT2D eigenvalue weighted by Gasteiger charge is -2.45. The van der Waals surface area contributed by atoms with Crippen molar-refractivity contribution >= 4 is 6.16 Å². The molecule has 0 saturated carbocycles. The van der Waals surface area contributed by atoms with Gasteiger partial charge >= 0.3 is 6.16 Å². The molecule has 1 N–H and O–H groups in total. The molecule has 2 heterocycles. The highest BCUT2D eigenvalue weighted by atomic mass is 16.7. The molecule has 1 atom stereocenters. The number of rotatable bonds is 1. The minimum atomic E-state index is -1.21. The van der Waals surface area contributed by atoms with Crippen molar-refractivity contribution in [1.82, 2.24) is 4.90 Å². The quantitative estimate of drug-likeness (QED) is 0.602. The van der Waals surface area contributed by atoms with Crippen molar-refractivity contribution in [3.63, 3.8) is 0 Å². The third-order valence-electron chi connectivity index (χ3n) is 2.44. The number of ether oxygens (including phenoxy) is 1. The van der Waals surface area contributed by atoms with E-state index in [-0.39, 0.29) is 0 Å². The highest BCUT2D eigenvalue weighted by Crippen LogP contribution is 2.31. The maximum atomic E-state index is 10.3. The fourth-order valence-electron chi connectivity index (χ4n) is 1.74. The molecule has 0 aliphatic carbocycles. The minimum absolute atomic E-state index is 0.532. The molecule has 66 valence electrons. The third kappa shape index (κ3) is 1.13. The monoisotopic (exact) mass is 169 g/mol. The lowest BCUT2D eigenvalue weighted by atomic mass is 9.95. The van der Waals surface area contributed by atoms with Gasteiger partial charge in [0.05, 0.1) is 0 Å². The van der Waals surface area contributed by atoms with Crippen LogP contribution in [0.5, 0.6) is 0 Å². The van der Waals surface area contributed by atoms with Crippen molar-refractivity contribution in [2.75, 3.05) is 6.54 Å². The van der Waals surface area contributed by atoms with Crippen molar-refractivity contribution in [1.29, 1.82) is 0 Å². The molecule has 1 fully saturated rings. The van der Waals surface area contributed by atoms with E-state index in [1.807, 2.05) is 11.0 Å². The largest absolute Gasteiger partial charge is 0.512 e. The van der Waals surface area contributed by atoms with Gasteiger partial charge in [-0.3, -0.25) is 0 Å². The van der Waals surface area contributed by atoms with E-state index >= 15 is 0 Å². The van der Waals surface area contributed by atoms with Crippen LogP contribution in [-0.2, 0) is 4.74 Å². The van der Waals surface area contributed by atoms with E-state index in [1.54, 1.807) is 0 Å². The smallest absolute Gasteiger partial charge is 0.449 e. The molecule has 12 heavy (non-hydrogen) atoms. The number of allylic oxidation sites excluding steroid dienone is 1. The summed E-state index contributed by atoms with van der Waals surface area (Å²) in [7, 11) is 0. The number of carboxylic acid groups (broad SMARTS) is 1. The van der Waals surface area contributed by atoms with E-state index in [0.717, 1.165) is 19.4 Å². The molecule has 1 unspecified atom stereocenters. The molecule has 0 bridgehead atoms. The van der Waals surface area contributed by atoms with Gasteiger partial charge in [0.1, 0.15) is 0 Å². The standard InChI is InChI=1S/C8H11NO3/c10-8(11)12-7-3-1-2-6-4-5-9(6)7/h3,6H,1-2,4-5H2,(H,10,11). The van der Waals surface area contributed by atoms with Gasteiger partial charge < -0.3 is 14.7 Å². The molecule has 4 heteroatoms. The lowest BCUT2D eigenvalue weighted by molar-refractivity contribution is 0.0228.